The first-order chi connectivity index (χ1) is 14.3. The van der Waals surface area contributed by atoms with Crippen LogP contribution in [-0.4, -0.2) is 47.9 Å². The Kier molecular flexibility index (Phi) is 5.76. The van der Waals surface area contributed by atoms with Gasteiger partial charge in [0.25, 0.3) is 0 Å². The lowest BCUT2D eigenvalue weighted by molar-refractivity contribution is -0.278. The summed E-state index contributed by atoms with van der Waals surface area (Å²) in [6, 6.07) is 9.81. The molecule has 2 heterocycles. The number of fused-ring (bicyclic) bond motifs is 2. The first-order valence-corrected chi connectivity index (χ1v) is 10.2. The molecule has 2 aliphatic heterocycles. The van der Waals surface area contributed by atoms with Crippen LogP contribution in [0.4, 0.5) is 8.78 Å². The van der Waals surface area contributed by atoms with E-state index in [-0.39, 0.29) is 18.8 Å². The standard InChI is InChI=1S/C22H23ClF2O5/c1-2-28-19-6-3-13(8-17(19)25)7-14-9-15(4-5-16(14)23)22-10-18(26)20(27)21(11-24,30-22)12-29-22/h3-6,8-9,18,20,26-27H,2,7,10-12H2,1H3/t18-,20+,21+,22-/m1/s1. The molecule has 2 bridgehead atoms. The molecular weight excluding hydrogens is 418 g/mol. The zero-order valence-corrected chi connectivity index (χ0v) is 17.2. The van der Waals surface area contributed by atoms with Gasteiger partial charge < -0.3 is 24.4 Å². The second kappa shape index (κ2) is 8.05. The highest BCUT2D eigenvalue weighted by atomic mass is 35.5. The van der Waals surface area contributed by atoms with Crippen LogP contribution in [0.15, 0.2) is 36.4 Å². The summed E-state index contributed by atoms with van der Waals surface area (Å²) in [4.78, 5) is 0. The van der Waals surface area contributed by atoms with Crippen molar-refractivity contribution < 1.29 is 33.2 Å². The summed E-state index contributed by atoms with van der Waals surface area (Å²) in [6.45, 7) is 0.986. The lowest BCUT2D eigenvalue weighted by Gasteiger charge is -2.42. The van der Waals surface area contributed by atoms with Crippen LogP contribution in [0.25, 0.3) is 0 Å². The molecule has 4 atom stereocenters. The number of alkyl halides is 1. The number of benzene rings is 2. The summed E-state index contributed by atoms with van der Waals surface area (Å²) < 4.78 is 44.8. The average Bonchev–Trinajstić information content (AvgIpc) is 3.07. The predicted molar refractivity (Wildman–Crippen MR) is 106 cm³/mol. The Hall–Kier alpha value is -1.77. The Balaban J connectivity index is 1.64. The van der Waals surface area contributed by atoms with Crippen LogP contribution in [0.5, 0.6) is 5.75 Å². The van der Waals surface area contributed by atoms with Crippen LogP contribution >= 0.6 is 11.6 Å². The van der Waals surface area contributed by atoms with E-state index in [4.69, 9.17) is 25.8 Å². The van der Waals surface area contributed by atoms with Crippen LogP contribution in [0.3, 0.4) is 0 Å². The fraction of sp³-hybridized carbons (Fsp3) is 0.455. The molecule has 4 rings (SSSR count). The van der Waals surface area contributed by atoms with Gasteiger partial charge in [0, 0.05) is 17.0 Å². The topological polar surface area (TPSA) is 68.2 Å². The molecule has 5 nitrogen and oxygen atoms in total. The molecule has 2 aromatic carbocycles. The minimum atomic E-state index is -1.60. The second-order valence-electron chi connectivity index (χ2n) is 7.74. The molecule has 2 saturated heterocycles. The number of halogens is 3. The zero-order chi connectivity index (χ0) is 21.5. The van der Waals surface area contributed by atoms with Crippen molar-refractivity contribution in [2.45, 2.75) is 43.4 Å². The van der Waals surface area contributed by atoms with Gasteiger partial charge in [-0.25, -0.2) is 8.78 Å². The van der Waals surface area contributed by atoms with E-state index in [2.05, 4.69) is 0 Å². The van der Waals surface area contributed by atoms with E-state index < -0.39 is 36.1 Å². The van der Waals surface area contributed by atoms with Gasteiger partial charge in [0.1, 0.15) is 12.8 Å². The number of hydrogen-bond donors (Lipinski definition) is 2. The molecule has 0 spiro atoms. The fourth-order valence-corrected chi connectivity index (χ4v) is 4.29. The van der Waals surface area contributed by atoms with E-state index in [9.17, 15) is 19.0 Å². The highest BCUT2D eigenvalue weighted by Gasteiger charge is 2.62. The molecule has 30 heavy (non-hydrogen) atoms. The van der Waals surface area contributed by atoms with Gasteiger partial charge in [-0.2, -0.15) is 0 Å². The summed E-state index contributed by atoms with van der Waals surface area (Å²) in [5.74, 6) is -1.65. The molecule has 162 valence electrons. The number of aliphatic hydroxyl groups excluding tert-OH is 2. The Morgan fingerprint density at radius 2 is 2.03 bits per heavy atom. The molecule has 0 aliphatic carbocycles. The largest absolute Gasteiger partial charge is 0.491 e. The van der Waals surface area contributed by atoms with Gasteiger partial charge in [-0.15, -0.1) is 0 Å². The maximum atomic E-state index is 14.2. The summed E-state index contributed by atoms with van der Waals surface area (Å²) >= 11 is 6.36. The van der Waals surface area contributed by atoms with Gasteiger partial charge in [0.15, 0.2) is 23.0 Å². The molecule has 0 radical (unpaired) electrons. The minimum absolute atomic E-state index is 0.0470. The Morgan fingerprint density at radius 3 is 2.73 bits per heavy atom. The van der Waals surface area contributed by atoms with Crippen molar-refractivity contribution in [3.8, 4) is 5.75 Å². The Bertz CT molecular complexity index is 942. The van der Waals surface area contributed by atoms with Gasteiger partial charge in [0.05, 0.1) is 19.3 Å². The third kappa shape index (κ3) is 3.59. The van der Waals surface area contributed by atoms with E-state index in [1.54, 1.807) is 37.3 Å². The highest BCUT2D eigenvalue weighted by Crippen LogP contribution is 2.50. The first kappa shape index (κ1) is 21.5. The van der Waals surface area contributed by atoms with Gasteiger partial charge in [-0.05, 0) is 48.7 Å². The number of aliphatic hydroxyl groups is 2. The molecule has 2 fully saturated rings. The van der Waals surface area contributed by atoms with E-state index in [0.29, 0.717) is 34.7 Å². The van der Waals surface area contributed by atoms with Crippen LogP contribution in [0.1, 0.15) is 30.0 Å². The SMILES string of the molecule is CCOc1ccc(Cc2cc([C@]34C[C@@H](O)[C@H](O)[C@](CF)(CO3)O4)ccc2Cl)cc1F. The average molecular weight is 441 g/mol. The van der Waals surface area contributed by atoms with Crippen molar-refractivity contribution in [2.75, 3.05) is 19.9 Å². The molecular formula is C22H23ClF2O5. The Labute approximate surface area is 178 Å². The molecule has 0 aromatic heterocycles. The van der Waals surface area contributed by atoms with Crippen molar-refractivity contribution in [2.24, 2.45) is 0 Å². The van der Waals surface area contributed by atoms with Crippen LogP contribution < -0.4 is 4.74 Å². The van der Waals surface area contributed by atoms with Crippen molar-refractivity contribution in [3.05, 3.63) is 63.9 Å². The monoisotopic (exact) mass is 440 g/mol. The van der Waals surface area contributed by atoms with Gasteiger partial charge in [-0.1, -0.05) is 23.7 Å². The van der Waals surface area contributed by atoms with E-state index in [0.717, 1.165) is 0 Å². The fourth-order valence-electron chi connectivity index (χ4n) is 4.11. The minimum Gasteiger partial charge on any atom is -0.491 e. The maximum Gasteiger partial charge on any atom is 0.198 e. The van der Waals surface area contributed by atoms with Crippen molar-refractivity contribution >= 4 is 11.6 Å². The van der Waals surface area contributed by atoms with E-state index in [1.165, 1.54) is 6.07 Å². The van der Waals surface area contributed by atoms with E-state index in [1.807, 2.05) is 0 Å². The number of ether oxygens (including phenoxy) is 3. The smallest absolute Gasteiger partial charge is 0.198 e. The van der Waals surface area contributed by atoms with Crippen molar-refractivity contribution in [1.82, 2.24) is 0 Å². The predicted octanol–water partition coefficient (Wildman–Crippen LogP) is 3.50. The molecule has 0 saturated carbocycles. The van der Waals surface area contributed by atoms with E-state index >= 15 is 0 Å². The van der Waals surface area contributed by atoms with Crippen molar-refractivity contribution in [3.63, 3.8) is 0 Å². The van der Waals surface area contributed by atoms with Gasteiger partial charge in [0.2, 0.25) is 0 Å². The van der Waals surface area contributed by atoms with Crippen LogP contribution in [0, 0.1) is 5.82 Å². The lowest BCUT2D eigenvalue weighted by atomic mass is 9.86. The normalized spacial score (nSPS) is 30.5. The molecule has 2 aromatic rings. The highest BCUT2D eigenvalue weighted by molar-refractivity contribution is 6.31. The molecule has 8 heteroatoms. The number of hydrogen-bond acceptors (Lipinski definition) is 5. The maximum absolute atomic E-state index is 14.2. The summed E-state index contributed by atoms with van der Waals surface area (Å²) in [6.07, 6.45) is -2.28. The van der Waals surface area contributed by atoms with Gasteiger partial charge in [-0.3, -0.25) is 0 Å². The van der Waals surface area contributed by atoms with Crippen LogP contribution in [-0.2, 0) is 21.7 Å². The number of rotatable bonds is 6. The summed E-state index contributed by atoms with van der Waals surface area (Å²) in [7, 11) is 0. The van der Waals surface area contributed by atoms with Gasteiger partial charge >= 0.3 is 0 Å². The first-order valence-electron chi connectivity index (χ1n) is 9.79. The Morgan fingerprint density at radius 1 is 1.23 bits per heavy atom. The van der Waals surface area contributed by atoms with Crippen molar-refractivity contribution in [1.29, 1.82) is 0 Å². The zero-order valence-electron chi connectivity index (χ0n) is 16.4. The third-order valence-corrected chi connectivity index (χ3v) is 6.07. The quantitative estimate of drug-likeness (QED) is 0.719. The lowest BCUT2D eigenvalue weighted by Crippen LogP contribution is -2.58. The molecule has 2 N–H and O–H groups in total. The molecule has 0 amide bonds. The summed E-state index contributed by atoms with van der Waals surface area (Å²) in [5, 5.41) is 20.9. The molecule has 2 aliphatic rings. The molecule has 0 unspecified atom stereocenters. The third-order valence-electron chi connectivity index (χ3n) is 5.70. The van der Waals surface area contributed by atoms with Crippen LogP contribution in [0.2, 0.25) is 5.02 Å². The summed E-state index contributed by atoms with van der Waals surface area (Å²) in [5.41, 5.74) is 0.334. The second-order valence-corrected chi connectivity index (χ2v) is 8.15.